The lowest BCUT2D eigenvalue weighted by molar-refractivity contribution is -0.115. The highest BCUT2D eigenvalue weighted by Gasteiger charge is 2.19. The number of carbonyl (C=O) groups excluding carboxylic acids is 1. The number of aromatic nitrogens is 4. The highest BCUT2D eigenvalue weighted by atomic mass is 16.5. The number of methoxy groups -OCH3 is 3. The molecule has 0 radical (unpaired) electrons. The molecule has 180 valence electrons. The van der Waals surface area contributed by atoms with Crippen LogP contribution in [0.25, 0.3) is 17.2 Å². The maximum absolute atomic E-state index is 12.6. The van der Waals surface area contributed by atoms with Crippen LogP contribution in [0.15, 0.2) is 46.3 Å². The van der Waals surface area contributed by atoms with Gasteiger partial charge in [-0.3, -0.25) is 18.7 Å². The van der Waals surface area contributed by atoms with Crippen molar-refractivity contribution in [3.8, 4) is 17.2 Å². The van der Waals surface area contributed by atoms with E-state index >= 15 is 0 Å². The van der Waals surface area contributed by atoms with Crippen LogP contribution in [0.2, 0.25) is 0 Å². The minimum atomic E-state index is -0.827. The third-order valence-electron chi connectivity index (χ3n) is 5.31. The molecule has 0 aliphatic heterocycles. The fourth-order valence-corrected chi connectivity index (χ4v) is 3.52. The van der Waals surface area contributed by atoms with E-state index in [2.05, 4.69) is 4.98 Å². The molecule has 0 spiro atoms. The first-order valence-electron chi connectivity index (χ1n) is 10.3. The van der Waals surface area contributed by atoms with Gasteiger partial charge in [0, 0.05) is 20.5 Å². The molecule has 0 saturated carbocycles. The summed E-state index contributed by atoms with van der Waals surface area (Å²) in [5, 5.41) is 0. The molecule has 3 rings (SSSR count). The summed E-state index contributed by atoms with van der Waals surface area (Å²) in [5.41, 5.74) is 6.32. The number of rotatable bonds is 9. The number of aryl methyl sites for hydroxylation is 1. The summed E-state index contributed by atoms with van der Waals surface area (Å²) < 4.78 is 19.6. The lowest BCUT2D eigenvalue weighted by Gasteiger charge is -2.13. The third kappa shape index (κ3) is 4.64. The molecule has 34 heavy (non-hydrogen) atoms. The van der Waals surface area contributed by atoms with E-state index in [1.54, 1.807) is 30.4 Å². The van der Waals surface area contributed by atoms with Crippen LogP contribution in [-0.4, -0.2) is 45.8 Å². The van der Waals surface area contributed by atoms with Crippen molar-refractivity contribution < 1.29 is 19.0 Å². The summed E-state index contributed by atoms with van der Waals surface area (Å²) in [4.78, 5) is 41.2. The van der Waals surface area contributed by atoms with Gasteiger partial charge in [-0.25, -0.2) is 9.78 Å². The van der Waals surface area contributed by atoms with Gasteiger partial charge in [-0.15, -0.1) is 0 Å². The minimum absolute atomic E-state index is 0.0635. The number of nitrogens with zero attached hydrogens (tertiary/aromatic N) is 4. The van der Waals surface area contributed by atoms with Crippen molar-refractivity contribution in [2.45, 2.75) is 12.6 Å². The number of allylic oxidation sites excluding steroid dienone is 3. The van der Waals surface area contributed by atoms with Gasteiger partial charge < -0.3 is 24.5 Å². The molecule has 1 aromatic carbocycles. The number of ketones is 1. The Morgan fingerprint density at radius 1 is 1.06 bits per heavy atom. The van der Waals surface area contributed by atoms with Crippen molar-refractivity contribution in [2.75, 3.05) is 21.3 Å². The topological polar surface area (TPSA) is 133 Å². The van der Waals surface area contributed by atoms with Crippen molar-refractivity contribution >= 4 is 23.0 Å². The number of fused-ring (bicyclic) bond motifs is 1. The van der Waals surface area contributed by atoms with Gasteiger partial charge in [-0.2, -0.15) is 0 Å². The Kier molecular flexibility index (Phi) is 7.37. The Morgan fingerprint density at radius 2 is 1.71 bits per heavy atom. The predicted molar refractivity (Wildman–Crippen MR) is 127 cm³/mol. The van der Waals surface area contributed by atoms with Crippen molar-refractivity contribution in [1.82, 2.24) is 18.7 Å². The molecule has 0 fully saturated rings. The van der Waals surface area contributed by atoms with Crippen LogP contribution >= 0.6 is 0 Å². The fourth-order valence-electron chi connectivity index (χ4n) is 3.52. The molecule has 0 saturated heterocycles. The SMILES string of the molecule is COc1cc(C=CC=CC(=O)CC(N)n2cnc3c2c(=O)n(C)c(=O)n3C)cc(OC)c1OC. The first-order valence-corrected chi connectivity index (χ1v) is 10.3. The summed E-state index contributed by atoms with van der Waals surface area (Å²) in [5.74, 6) is 1.28. The monoisotopic (exact) mass is 469 g/mol. The maximum Gasteiger partial charge on any atom is 0.332 e. The average molecular weight is 469 g/mol. The van der Waals surface area contributed by atoms with Crippen molar-refractivity contribution in [3.63, 3.8) is 0 Å². The number of hydrogen-bond acceptors (Lipinski definition) is 8. The molecular formula is C23H27N5O6. The Morgan fingerprint density at radius 3 is 2.29 bits per heavy atom. The quantitative estimate of drug-likeness (QED) is 0.365. The Bertz CT molecular complexity index is 1370. The molecule has 0 aliphatic rings. The van der Waals surface area contributed by atoms with Crippen LogP contribution in [0.5, 0.6) is 17.2 Å². The Labute approximate surface area is 195 Å². The second kappa shape index (κ2) is 10.2. The highest BCUT2D eigenvalue weighted by molar-refractivity contribution is 5.90. The van der Waals surface area contributed by atoms with Crippen LogP contribution in [0.1, 0.15) is 18.2 Å². The molecule has 0 amide bonds. The van der Waals surface area contributed by atoms with Crippen molar-refractivity contribution in [2.24, 2.45) is 19.8 Å². The molecular weight excluding hydrogens is 442 g/mol. The largest absolute Gasteiger partial charge is 0.493 e. The van der Waals surface area contributed by atoms with E-state index in [0.29, 0.717) is 17.2 Å². The maximum atomic E-state index is 12.6. The molecule has 1 atom stereocenters. The van der Waals surface area contributed by atoms with Crippen LogP contribution < -0.4 is 31.2 Å². The second-order valence-electron chi connectivity index (χ2n) is 7.44. The third-order valence-corrected chi connectivity index (χ3v) is 5.31. The second-order valence-corrected chi connectivity index (χ2v) is 7.44. The highest BCUT2D eigenvalue weighted by Crippen LogP contribution is 2.38. The zero-order chi connectivity index (χ0) is 25.0. The lowest BCUT2D eigenvalue weighted by Crippen LogP contribution is -2.38. The van der Waals surface area contributed by atoms with Gasteiger partial charge in [0.2, 0.25) is 5.75 Å². The summed E-state index contributed by atoms with van der Waals surface area (Å²) in [6.45, 7) is 0. The Balaban J connectivity index is 1.74. The number of ether oxygens (including phenoxy) is 3. The van der Waals surface area contributed by atoms with Crippen LogP contribution in [-0.2, 0) is 18.9 Å². The van der Waals surface area contributed by atoms with E-state index in [0.717, 1.165) is 10.1 Å². The van der Waals surface area contributed by atoms with Gasteiger partial charge >= 0.3 is 5.69 Å². The normalized spacial score (nSPS) is 12.5. The van der Waals surface area contributed by atoms with E-state index < -0.39 is 17.4 Å². The molecule has 2 aromatic heterocycles. The number of hydrogen-bond donors (Lipinski definition) is 1. The number of benzene rings is 1. The van der Waals surface area contributed by atoms with E-state index in [4.69, 9.17) is 19.9 Å². The van der Waals surface area contributed by atoms with Gasteiger partial charge in [0.15, 0.2) is 28.4 Å². The van der Waals surface area contributed by atoms with E-state index in [1.807, 2.05) is 0 Å². The first-order chi connectivity index (χ1) is 16.2. The molecule has 11 nitrogen and oxygen atoms in total. The zero-order valence-electron chi connectivity index (χ0n) is 19.6. The van der Waals surface area contributed by atoms with E-state index in [-0.39, 0.29) is 23.4 Å². The van der Waals surface area contributed by atoms with Gasteiger partial charge in [0.25, 0.3) is 5.56 Å². The summed E-state index contributed by atoms with van der Waals surface area (Å²) in [6, 6.07) is 3.56. The first kappa shape index (κ1) is 24.5. The van der Waals surface area contributed by atoms with E-state index in [9.17, 15) is 14.4 Å². The standard InChI is InChI=1S/C23H27N5O6/c1-26-21-19(22(30)27(2)23(26)31)28(13-25-21)18(24)12-15(29)9-7-6-8-14-10-16(32-3)20(34-5)17(11-14)33-4/h6-11,13,18H,12,24H2,1-5H3. The van der Waals surface area contributed by atoms with Crippen LogP contribution in [0.4, 0.5) is 0 Å². The Hall–Kier alpha value is -4.12. The molecule has 11 heteroatoms. The smallest absolute Gasteiger partial charge is 0.332 e. The summed E-state index contributed by atoms with van der Waals surface area (Å²) in [7, 11) is 7.49. The van der Waals surface area contributed by atoms with Crippen LogP contribution in [0.3, 0.4) is 0 Å². The number of carbonyl (C=O) groups is 1. The van der Waals surface area contributed by atoms with Gasteiger partial charge in [-0.1, -0.05) is 18.2 Å². The number of nitrogens with two attached hydrogens (primary N) is 1. The molecule has 2 N–H and O–H groups in total. The van der Waals surface area contributed by atoms with Crippen molar-refractivity contribution in [1.29, 1.82) is 0 Å². The fraction of sp³-hybridized carbons (Fsp3) is 0.304. The minimum Gasteiger partial charge on any atom is -0.493 e. The van der Waals surface area contributed by atoms with Gasteiger partial charge in [-0.05, 0) is 23.8 Å². The summed E-state index contributed by atoms with van der Waals surface area (Å²) >= 11 is 0. The van der Waals surface area contributed by atoms with Gasteiger partial charge in [0.05, 0.1) is 33.8 Å². The van der Waals surface area contributed by atoms with Crippen LogP contribution in [0, 0.1) is 0 Å². The molecule has 1 unspecified atom stereocenters. The molecule has 0 aliphatic carbocycles. The summed E-state index contributed by atoms with van der Waals surface area (Å²) in [6.07, 6.45) is 6.92. The van der Waals surface area contributed by atoms with Gasteiger partial charge in [0.1, 0.15) is 0 Å². The molecule has 3 aromatic rings. The molecule has 2 heterocycles. The molecule has 0 bridgehead atoms. The van der Waals surface area contributed by atoms with Crippen molar-refractivity contribution in [3.05, 3.63) is 63.1 Å². The predicted octanol–water partition coefficient (Wildman–Crippen LogP) is 1.15. The lowest BCUT2D eigenvalue weighted by atomic mass is 10.1. The zero-order valence-corrected chi connectivity index (χ0v) is 19.6. The number of imidazole rings is 1. The average Bonchev–Trinajstić information content (AvgIpc) is 3.29. The van der Waals surface area contributed by atoms with E-state index in [1.165, 1.54) is 57.0 Å².